The smallest absolute Gasteiger partial charge is 0.133 e. The third-order valence-electron chi connectivity index (χ3n) is 3.73. The molecule has 1 aliphatic heterocycles. The first-order chi connectivity index (χ1) is 10.3. The molecule has 0 fully saturated rings. The number of hydrogen-bond acceptors (Lipinski definition) is 3. The lowest BCUT2D eigenvalue weighted by molar-refractivity contribution is 0.627. The topological polar surface area (TPSA) is 29.9 Å². The maximum Gasteiger partial charge on any atom is 0.133 e. The molecule has 0 saturated carbocycles. The summed E-state index contributed by atoms with van der Waals surface area (Å²) in [5.74, 6) is 0.822. The summed E-state index contributed by atoms with van der Waals surface area (Å²) in [5, 5.41) is 10.2. The van der Waals surface area contributed by atoms with Crippen LogP contribution in [0.15, 0.2) is 41.8 Å². The largest absolute Gasteiger partial charge is 0.369 e. The van der Waals surface area contributed by atoms with Gasteiger partial charge in [-0.1, -0.05) is 6.07 Å². The van der Waals surface area contributed by atoms with Crippen LogP contribution in [0.25, 0.3) is 5.69 Å². The van der Waals surface area contributed by atoms with Gasteiger partial charge in [-0.25, -0.2) is 9.07 Å². The predicted molar refractivity (Wildman–Crippen MR) is 82.8 cm³/mol. The van der Waals surface area contributed by atoms with Crippen molar-refractivity contribution in [3.63, 3.8) is 0 Å². The van der Waals surface area contributed by atoms with Crippen LogP contribution in [0.4, 0.5) is 10.2 Å². The number of benzene rings is 1. The highest BCUT2D eigenvalue weighted by Gasteiger charge is 2.23. The van der Waals surface area contributed by atoms with Crippen LogP contribution < -0.4 is 5.32 Å². The van der Waals surface area contributed by atoms with Gasteiger partial charge in [0.15, 0.2) is 0 Å². The molecule has 0 amide bonds. The molecule has 2 aromatic heterocycles. The van der Waals surface area contributed by atoms with E-state index >= 15 is 0 Å². The van der Waals surface area contributed by atoms with Gasteiger partial charge in [0, 0.05) is 23.4 Å². The van der Waals surface area contributed by atoms with Crippen molar-refractivity contribution < 1.29 is 4.39 Å². The fraction of sp³-hybridized carbons (Fsp3) is 0.188. The van der Waals surface area contributed by atoms with Gasteiger partial charge in [0.1, 0.15) is 11.6 Å². The van der Waals surface area contributed by atoms with Gasteiger partial charge in [-0.2, -0.15) is 5.10 Å². The third-order valence-corrected chi connectivity index (χ3v) is 4.60. The summed E-state index contributed by atoms with van der Waals surface area (Å²) in [6, 6.07) is 10.7. The fourth-order valence-corrected chi connectivity index (χ4v) is 3.44. The Morgan fingerprint density at radius 3 is 2.86 bits per heavy atom. The Morgan fingerprint density at radius 1 is 1.24 bits per heavy atom. The molecule has 21 heavy (non-hydrogen) atoms. The number of nitrogens with one attached hydrogen (secondary N) is 1. The number of fused-ring (bicyclic) bond motifs is 1. The van der Waals surface area contributed by atoms with E-state index in [1.165, 1.54) is 22.6 Å². The first-order valence-electron chi connectivity index (χ1n) is 6.94. The molecule has 3 nitrogen and oxygen atoms in total. The second-order valence-electron chi connectivity index (χ2n) is 5.09. The molecule has 3 aromatic rings. The van der Waals surface area contributed by atoms with Crippen LogP contribution in [-0.2, 0) is 12.8 Å². The van der Waals surface area contributed by atoms with Crippen LogP contribution in [0.3, 0.4) is 0 Å². The van der Waals surface area contributed by atoms with Gasteiger partial charge in [-0.3, -0.25) is 0 Å². The van der Waals surface area contributed by atoms with E-state index < -0.39 is 0 Å². The van der Waals surface area contributed by atoms with E-state index in [1.54, 1.807) is 23.5 Å². The molecule has 0 bridgehead atoms. The lowest BCUT2D eigenvalue weighted by atomic mass is 10.1. The van der Waals surface area contributed by atoms with Crippen LogP contribution in [0.2, 0.25) is 0 Å². The first-order valence-corrected chi connectivity index (χ1v) is 7.82. The van der Waals surface area contributed by atoms with E-state index in [4.69, 9.17) is 5.10 Å². The molecule has 106 valence electrons. The zero-order chi connectivity index (χ0) is 14.2. The molecule has 0 atom stereocenters. The van der Waals surface area contributed by atoms with E-state index in [1.807, 2.05) is 4.68 Å². The fourth-order valence-electron chi connectivity index (χ4n) is 2.74. The van der Waals surface area contributed by atoms with Crippen LogP contribution in [0.5, 0.6) is 0 Å². The molecular formula is C16H14FN3S. The van der Waals surface area contributed by atoms with Crippen LogP contribution >= 0.6 is 11.3 Å². The Hall–Kier alpha value is -2.14. The lowest BCUT2D eigenvalue weighted by Crippen LogP contribution is -2.05. The van der Waals surface area contributed by atoms with Gasteiger partial charge in [-0.05, 0) is 42.1 Å². The van der Waals surface area contributed by atoms with Crippen LogP contribution in [0.1, 0.15) is 16.1 Å². The third kappa shape index (κ3) is 2.23. The second-order valence-corrected chi connectivity index (χ2v) is 6.13. The molecule has 0 unspecified atom stereocenters. The molecule has 0 saturated heterocycles. The van der Waals surface area contributed by atoms with Crippen molar-refractivity contribution in [3.8, 4) is 5.69 Å². The van der Waals surface area contributed by atoms with Gasteiger partial charge in [0.2, 0.25) is 0 Å². The van der Waals surface area contributed by atoms with Crippen molar-refractivity contribution in [2.24, 2.45) is 0 Å². The summed E-state index contributed by atoms with van der Waals surface area (Å²) in [6.07, 6.45) is 1.85. The average Bonchev–Trinajstić information content (AvgIpc) is 3.19. The van der Waals surface area contributed by atoms with E-state index in [0.29, 0.717) is 0 Å². The van der Waals surface area contributed by atoms with E-state index in [2.05, 4.69) is 22.8 Å². The van der Waals surface area contributed by atoms with Crippen molar-refractivity contribution in [1.82, 2.24) is 9.78 Å². The van der Waals surface area contributed by atoms with Crippen molar-refractivity contribution in [2.75, 3.05) is 11.9 Å². The maximum absolute atomic E-state index is 13.1. The molecule has 3 heterocycles. The average molecular weight is 299 g/mol. The number of thiophene rings is 1. The van der Waals surface area contributed by atoms with E-state index in [-0.39, 0.29) is 5.82 Å². The van der Waals surface area contributed by atoms with E-state index in [9.17, 15) is 4.39 Å². The Labute approximate surface area is 126 Å². The van der Waals surface area contributed by atoms with Gasteiger partial charge >= 0.3 is 0 Å². The minimum absolute atomic E-state index is 0.227. The van der Waals surface area contributed by atoms with Crippen molar-refractivity contribution in [1.29, 1.82) is 0 Å². The number of anilines is 1. The summed E-state index contributed by atoms with van der Waals surface area (Å²) in [7, 11) is 0. The number of halogens is 1. The standard InChI is InChI=1S/C16H14FN3S/c17-11-3-5-12(6-4-11)20-16-14(7-8-18-16)15(19-20)10-13-2-1-9-21-13/h1-6,9,18H,7-8,10H2. The Morgan fingerprint density at radius 2 is 2.10 bits per heavy atom. The van der Waals surface area contributed by atoms with Gasteiger partial charge < -0.3 is 5.32 Å². The molecule has 1 aromatic carbocycles. The summed E-state index contributed by atoms with van der Waals surface area (Å²) in [5.41, 5.74) is 3.29. The monoisotopic (exact) mass is 299 g/mol. The van der Waals surface area contributed by atoms with Crippen molar-refractivity contribution in [3.05, 3.63) is 63.7 Å². The summed E-state index contributed by atoms with van der Waals surface area (Å²) >= 11 is 1.75. The molecule has 4 rings (SSSR count). The van der Waals surface area contributed by atoms with Crippen LogP contribution in [-0.4, -0.2) is 16.3 Å². The highest BCUT2D eigenvalue weighted by molar-refractivity contribution is 7.09. The SMILES string of the molecule is Fc1ccc(-n2nc(Cc3cccs3)c3c2NCC3)cc1. The zero-order valence-corrected chi connectivity index (χ0v) is 12.2. The highest BCUT2D eigenvalue weighted by Crippen LogP contribution is 2.30. The second kappa shape index (κ2) is 5.00. The normalized spacial score (nSPS) is 13.2. The summed E-state index contributed by atoms with van der Waals surface area (Å²) < 4.78 is 15.0. The molecule has 0 spiro atoms. The summed E-state index contributed by atoms with van der Waals surface area (Å²) in [6.45, 7) is 0.936. The molecule has 0 radical (unpaired) electrons. The van der Waals surface area contributed by atoms with Gasteiger partial charge in [-0.15, -0.1) is 11.3 Å². The van der Waals surface area contributed by atoms with Crippen LogP contribution in [0, 0.1) is 5.82 Å². The first kappa shape index (κ1) is 12.6. The predicted octanol–water partition coefficient (Wildman–Crippen LogP) is 3.63. The number of nitrogens with zero attached hydrogens (tertiary/aromatic N) is 2. The van der Waals surface area contributed by atoms with E-state index in [0.717, 1.165) is 36.6 Å². The molecule has 5 heteroatoms. The Balaban J connectivity index is 1.76. The molecule has 1 N–H and O–H groups in total. The number of rotatable bonds is 3. The quantitative estimate of drug-likeness (QED) is 0.800. The highest BCUT2D eigenvalue weighted by atomic mass is 32.1. The number of aromatic nitrogens is 2. The van der Waals surface area contributed by atoms with Crippen molar-refractivity contribution in [2.45, 2.75) is 12.8 Å². The molecular weight excluding hydrogens is 285 g/mol. The Kier molecular flexibility index (Phi) is 3.00. The van der Waals surface area contributed by atoms with Crippen molar-refractivity contribution >= 4 is 17.2 Å². The molecule has 1 aliphatic rings. The lowest BCUT2D eigenvalue weighted by Gasteiger charge is -2.06. The maximum atomic E-state index is 13.1. The minimum atomic E-state index is -0.227. The zero-order valence-electron chi connectivity index (χ0n) is 11.3. The number of hydrogen-bond donors (Lipinski definition) is 1. The van der Waals surface area contributed by atoms with Gasteiger partial charge in [0.25, 0.3) is 0 Å². The minimum Gasteiger partial charge on any atom is -0.369 e. The van der Waals surface area contributed by atoms with Gasteiger partial charge in [0.05, 0.1) is 11.4 Å². The summed E-state index contributed by atoms with van der Waals surface area (Å²) in [4.78, 5) is 1.31. The Bertz CT molecular complexity index is 760. The molecule has 0 aliphatic carbocycles.